The minimum Gasteiger partial charge on any atom is -0.344 e. The maximum absolute atomic E-state index is 12.7. The van der Waals surface area contributed by atoms with E-state index in [1.807, 2.05) is 32.6 Å². The minimum absolute atomic E-state index is 0.00491. The van der Waals surface area contributed by atoms with Gasteiger partial charge in [0.25, 0.3) is 0 Å². The summed E-state index contributed by atoms with van der Waals surface area (Å²) in [5.74, 6) is 0.890. The van der Waals surface area contributed by atoms with Crippen LogP contribution in [0.1, 0.15) is 53.4 Å². The number of rotatable bonds is 3. The Hall–Kier alpha value is -1.06. The van der Waals surface area contributed by atoms with Gasteiger partial charge in [0, 0.05) is 19.0 Å². The van der Waals surface area contributed by atoms with Crippen molar-refractivity contribution < 1.29 is 9.59 Å². The van der Waals surface area contributed by atoms with Gasteiger partial charge in [0.2, 0.25) is 11.8 Å². The average Bonchev–Trinajstić information content (AvgIpc) is 3.07. The maximum atomic E-state index is 12.7. The van der Waals surface area contributed by atoms with Crippen LogP contribution in [0.2, 0.25) is 0 Å². The lowest BCUT2D eigenvalue weighted by Gasteiger charge is -2.34. The third-order valence-corrected chi connectivity index (χ3v) is 4.19. The second kappa shape index (κ2) is 5.14. The summed E-state index contributed by atoms with van der Waals surface area (Å²) >= 11 is 0. The zero-order chi connectivity index (χ0) is 14.2. The fourth-order valence-electron chi connectivity index (χ4n) is 2.69. The van der Waals surface area contributed by atoms with Crippen molar-refractivity contribution in [2.45, 2.75) is 65.5 Å². The standard InChI is InChI=1S/C15H26N2O2/c1-10-9-12(18)16-13(15(2,3)4)14(19)17(10)8-7-11-5-6-11/h10-11,13H,5-9H2,1-4H3,(H,16,18). The third-order valence-electron chi connectivity index (χ3n) is 4.19. The Morgan fingerprint density at radius 1 is 1.26 bits per heavy atom. The number of amides is 2. The minimum atomic E-state index is -0.399. The lowest BCUT2D eigenvalue weighted by atomic mass is 9.86. The number of carbonyl (C=O) groups is 2. The van der Waals surface area contributed by atoms with E-state index in [-0.39, 0.29) is 23.3 Å². The van der Waals surface area contributed by atoms with Crippen LogP contribution < -0.4 is 5.32 Å². The summed E-state index contributed by atoms with van der Waals surface area (Å²) in [6, 6.07) is -0.386. The van der Waals surface area contributed by atoms with Crippen molar-refractivity contribution in [3.63, 3.8) is 0 Å². The van der Waals surface area contributed by atoms with Gasteiger partial charge in [0.1, 0.15) is 6.04 Å². The van der Waals surface area contributed by atoms with Crippen molar-refractivity contribution in [3.05, 3.63) is 0 Å². The maximum Gasteiger partial charge on any atom is 0.245 e. The molecule has 1 N–H and O–H groups in total. The molecule has 2 atom stereocenters. The van der Waals surface area contributed by atoms with Crippen LogP contribution in [0.3, 0.4) is 0 Å². The van der Waals surface area contributed by atoms with E-state index in [4.69, 9.17) is 0 Å². The first-order valence-corrected chi connectivity index (χ1v) is 7.39. The Bertz CT molecular complexity index is 369. The van der Waals surface area contributed by atoms with Crippen LogP contribution in [0, 0.1) is 11.3 Å². The summed E-state index contributed by atoms with van der Waals surface area (Å²) in [6.07, 6.45) is 4.11. The summed E-state index contributed by atoms with van der Waals surface area (Å²) in [6.45, 7) is 8.79. The quantitative estimate of drug-likeness (QED) is 0.848. The summed E-state index contributed by atoms with van der Waals surface area (Å²) in [4.78, 5) is 26.5. The molecule has 2 unspecified atom stereocenters. The van der Waals surface area contributed by atoms with Crippen molar-refractivity contribution in [2.24, 2.45) is 11.3 Å². The molecule has 1 aliphatic heterocycles. The zero-order valence-electron chi connectivity index (χ0n) is 12.5. The number of carbonyl (C=O) groups excluding carboxylic acids is 2. The molecule has 1 heterocycles. The largest absolute Gasteiger partial charge is 0.344 e. The summed E-state index contributed by atoms with van der Waals surface area (Å²) in [5.41, 5.74) is -0.241. The van der Waals surface area contributed by atoms with Gasteiger partial charge in [0.15, 0.2) is 0 Å². The van der Waals surface area contributed by atoms with Gasteiger partial charge in [0.05, 0.1) is 0 Å². The summed E-state index contributed by atoms with van der Waals surface area (Å²) in [5, 5.41) is 2.90. The van der Waals surface area contributed by atoms with Crippen LogP contribution in [0.5, 0.6) is 0 Å². The highest BCUT2D eigenvalue weighted by atomic mass is 16.2. The van der Waals surface area contributed by atoms with E-state index >= 15 is 0 Å². The van der Waals surface area contributed by atoms with Gasteiger partial charge < -0.3 is 10.2 Å². The van der Waals surface area contributed by atoms with Crippen molar-refractivity contribution >= 4 is 11.8 Å². The molecule has 0 bridgehead atoms. The summed E-state index contributed by atoms with van der Waals surface area (Å²) < 4.78 is 0. The first kappa shape index (κ1) is 14.4. The molecule has 4 nitrogen and oxygen atoms in total. The van der Waals surface area contributed by atoms with E-state index < -0.39 is 6.04 Å². The smallest absolute Gasteiger partial charge is 0.245 e. The fraction of sp³-hybridized carbons (Fsp3) is 0.867. The number of nitrogens with one attached hydrogen (secondary N) is 1. The van der Waals surface area contributed by atoms with E-state index in [0.717, 1.165) is 18.9 Å². The van der Waals surface area contributed by atoms with Crippen molar-refractivity contribution in [3.8, 4) is 0 Å². The van der Waals surface area contributed by atoms with Crippen LogP contribution in [0.15, 0.2) is 0 Å². The molecular weight excluding hydrogens is 240 g/mol. The molecule has 1 saturated heterocycles. The molecule has 0 aromatic heterocycles. The van der Waals surface area contributed by atoms with Gasteiger partial charge in [-0.25, -0.2) is 0 Å². The van der Waals surface area contributed by atoms with Crippen LogP contribution in [0.25, 0.3) is 0 Å². The fourth-order valence-corrected chi connectivity index (χ4v) is 2.69. The topological polar surface area (TPSA) is 49.4 Å². The molecule has 0 spiro atoms. The molecular formula is C15H26N2O2. The van der Waals surface area contributed by atoms with Gasteiger partial charge in [-0.15, -0.1) is 0 Å². The van der Waals surface area contributed by atoms with Crippen LogP contribution >= 0.6 is 0 Å². The molecule has 1 saturated carbocycles. The molecule has 19 heavy (non-hydrogen) atoms. The Morgan fingerprint density at radius 2 is 1.89 bits per heavy atom. The lowest BCUT2D eigenvalue weighted by molar-refractivity contribution is -0.137. The van der Waals surface area contributed by atoms with Crippen molar-refractivity contribution in [1.82, 2.24) is 10.2 Å². The normalized spacial score (nSPS) is 29.2. The molecule has 2 rings (SSSR count). The van der Waals surface area contributed by atoms with Crippen LogP contribution in [-0.2, 0) is 9.59 Å². The first-order valence-electron chi connectivity index (χ1n) is 7.39. The number of nitrogens with zero attached hydrogens (tertiary/aromatic N) is 1. The van der Waals surface area contributed by atoms with Crippen molar-refractivity contribution in [2.75, 3.05) is 6.54 Å². The predicted molar refractivity (Wildman–Crippen MR) is 74.5 cm³/mol. The van der Waals surface area contributed by atoms with E-state index in [1.165, 1.54) is 12.8 Å². The Balaban J connectivity index is 2.13. The Morgan fingerprint density at radius 3 is 2.42 bits per heavy atom. The second-order valence-corrected chi connectivity index (χ2v) is 7.18. The molecule has 4 heteroatoms. The van der Waals surface area contributed by atoms with Gasteiger partial charge in [-0.1, -0.05) is 33.6 Å². The number of hydrogen-bond donors (Lipinski definition) is 1. The molecule has 2 aliphatic rings. The highest BCUT2D eigenvalue weighted by Crippen LogP contribution is 2.33. The molecule has 0 aromatic carbocycles. The Labute approximate surface area is 115 Å². The van der Waals surface area contributed by atoms with Crippen molar-refractivity contribution in [1.29, 1.82) is 0 Å². The summed E-state index contributed by atoms with van der Waals surface area (Å²) in [7, 11) is 0. The van der Waals surface area contributed by atoms with Crippen LogP contribution in [0.4, 0.5) is 0 Å². The molecule has 1 aliphatic carbocycles. The second-order valence-electron chi connectivity index (χ2n) is 7.18. The first-order chi connectivity index (χ1) is 8.79. The molecule has 108 valence electrons. The SMILES string of the molecule is CC1CC(=O)NC(C(C)(C)C)C(=O)N1CCC1CC1. The lowest BCUT2D eigenvalue weighted by Crippen LogP contribution is -2.52. The highest BCUT2D eigenvalue weighted by molar-refractivity contribution is 5.91. The van der Waals surface area contributed by atoms with Gasteiger partial charge in [-0.2, -0.15) is 0 Å². The molecule has 2 fully saturated rings. The van der Waals surface area contributed by atoms with E-state index in [9.17, 15) is 9.59 Å². The highest BCUT2D eigenvalue weighted by Gasteiger charge is 2.40. The van der Waals surface area contributed by atoms with E-state index in [0.29, 0.717) is 6.42 Å². The zero-order valence-corrected chi connectivity index (χ0v) is 12.5. The number of hydrogen-bond acceptors (Lipinski definition) is 2. The van der Waals surface area contributed by atoms with Gasteiger partial charge in [-0.3, -0.25) is 9.59 Å². The average molecular weight is 266 g/mol. The molecule has 0 radical (unpaired) electrons. The van der Waals surface area contributed by atoms with E-state index in [1.54, 1.807) is 0 Å². The Kier molecular flexibility index (Phi) is 3.88. The van der Waals surface area contributed by atoms with E-state index in [2.05, 4.69) is 5.32 Å². The van der Waals surface area contributed by atoms with Crippen LogP contribution in [-0.4, -0.2) is 35.3 Å². The molecule has 2 amide bonds. The van der Waals surface area contributed by atoms with Gasteiger partial charge in [-0.05, 0) is 24.7 Å². The third kappa shape index (κ3) is 3.48. The van der Waals surface area contributed by atoms with Gasteiger partial charge >= 0.3 is 0 Å². The predicted octanol–water partition coefficient (Wildman–Crippen LogP) is 1.94. The monoisotopic (exact) mass is 266 g/mol. The molecule has 0 aromatic rings.